The molecule has 0 aliphatic carbocycles. The molecule has 0 fully saturated rings. The SMILES string of the molecule is CCNC(CCc1cccs1)c1cccc(OC(C)C)c1. The van der Waals surface area contributed by atoms with Crippen LogP contribution in [0, 0.1) is 0 Å². The van der Waals surface area contributed by atoms with Crippen LogP contribution in [0.15, 0.2) is 41.8 Å². The topological polar surface area (TPSA) is 21.3 Å². The van der Waals surface area contributed by atoms with E-state index < -0.39 is 0 Å². The summed E-state index contributed by atoms with van der Waals surface area (Å²) in [6, 6.07) is 13.2. The molecule has 0 saturated heterocycles. The molecule has 2 rings (SSSR count). The summed E-state index contributed by atoms with van der Waals surface area (Å²) in [5, 5.41) is 5.74. The molecule has 0 saturated carbocycles. The molecule has 114 valence electrons. The second-order valence-electron chi connectivity index (χ2n) is 5.47. The molecule has 1 unspecified atom stereocenters. The van der Waals surface area contributed by atoms with Crippen LogP contribution in [0.5, 0.6) is 5.75 Å². The number of ether oxygens (including phenoxy) is 1. The van der Waals surface area contributed by atoms with Crippen LogP contribution >= 0.6 is 11.3 Å². The summed E-state index contributed by atoms with van der Waals surface area (Å²) in [4.78, 5) is 1.45. The highest BCUT2D eigenvalue weighted by molar-refractivity contribution is 7.09. The lowest BCUT2D eigenvalue weighted by Gasteiger charge is -2.19. The Labute approximate surface area is 132 Å². The normalized spacial score (nSPS) is 12.6. The number of thiophene rings is 1. The van der Waals surface area contributed by atoms with Crippen LogP contribution in [0.4, 0.5) is 0 Å². The van der Waals surface area contributed by atoms with Crippen molar-refractivity contribution in [1.82, 2.24) is 5.32 Å². The van der Waals surface area contributed by atoms with E-state index in [1.807, 2.05) is 17.4 Å². The van der Waals surface area contributed by atoms with Gasteiger partial charge in [0.2, 0.25) is 0 Å². The minimum Gasteiger partial charge on any atom is -0.491 e. The van der Waals surface area contributed by atoms with Crippen molar-refractivity contribution in [1.29, 1.82) is 0 Å². The molecule has 0 radical (unpaired) electrons. The molecule has 1 atom stereocenters. The summed E-state index contributed by atoms with van der Waals surface area (Å²) in [6.07, 6.45) is 2.44. The van der Waals surface area contributed by atoms with Crippen molar-refractivity contribution >= 4 is 11.3 Å². The van der Waals surface area contributed by atoms with E-state index in [0.717, 1.165) is 25.1 Å². The summed E-state index contributed by atoms with van der Waals surface area (Å²) in [6.45, 7) is 7.26. The highest BCUT2D eigenvalue weighted by Gasteiger charge is 2.12. The molecule has 0 aliphatic heterocycles. The van der Waals surface area contributed by atoms with Gasteiger partial charge in [-0.15, -0.1) is 11.3 Å². The van der Waals surface area contributed by atoms with Crippen LogP contribution in [-0.2, 0) is 6.42 Å². The van der Waals surface area contributed by atoms with Crippen molar-refractivity contribution < 1.29 is 4.74 Å². The lowest BCUT2D eigenvalue weighted by molar-refractivity contribution is 0.242. The van der Waals surface area contributed by atoms with Crippen LogP contribution < -0.4 is 10.1 Å². The van der Waals surface area contributed by atoms with Crippen LogP contribution in [0.2, 0.25) is 0 Å². The van der Waals surface area contributed by atoms with E-state index in [1.165, 1.54) is 10.4 Å². The van der Waals surface area contributed by atoms with Crippen molar-refractivity contribution in [2.24, 2.45) is 0 Å². The van der Waals surface area contributed by atoms with Crippen molar-refractivity contribution in [3.8, 4) is 5.75 Å². The first-order chi connectivity index (χ1) is 10.2. The molecule has 1 heterocycles. The second-order valence-corrected chi connectivity index (χ2v) is 6.50. The Hall–Kier alpha value is -1.32. The van der Waals surface area contributed by atoms with E-state index in [0.29, 0.717) is 6.04 Å². The Morgan fingerprint density at radius 3 is 2.71 bits per heavy atom. The Morgan fingerprint density at radius 1 is 1.19 bits per heavy atom. The quantitative estimate of drug-likeness (QED) is 0.755. The zero-order valence-electron chi connectivity index (χ0n) is 13.1. The van der Waals surface area contributed by atoms with Crippen molar-refractivity contribution in [3.63, 3.8) is 0 Å². The maximum atomic E-state index is 5.81. The van der Waals surface area contributed by atoms with Crippen molar-refractivity contribution in [3.05, 3.63) is 52.2 Å². The zero-order chi connectivity index (χ0) is 15.1. The third kappa shape index (κ3) is 5.18. The Morgan fingerprint density at radius 2 is 2.05 bits per heavy atom. The van der Waals surface area contributed by atoms with Gasteiger partial charge in [-0.1, -0.05) is 25.1 Å². The number of hydrogen-bond donors (Lipinski definition) is 1. The fourth-order valence-electron chi connectivity index (χ4n) is 2.45. The number of aryl methyl sites for hydroxylation is 1. The fourth-order valence-corrected chi connectivity index (χ4v) is 3.18. The lowest BCUT2D eigenvalue weighted by Crippen LogP contribution is -2.21. The van der Waals surface area contributed by atoms with E-state index in [4.69, 9.17) is 4.74 Å². The standard InChI is InChI=1S/C18H25NOS/c1-4-19-18(11-10-17-9-6-12-21-17)15-7-5-8-16(13-15)20-14(2)3/h5-9,12-14,18-19H,4,10-11H2,1-3H3. The summed E-state index contributed by atoms with van der Waals surface area (Å²) < 4.78 is 5.81. The largest absolute Gasteiger partial charge is 0.491 e. The van der Waals surface area contributed by atoms with Gasteiger partial charge in [0.25, 0.3) is 0 Å². The molecule has 0 aliphatic rings. The number of nitrogens with one attached hydrogen (secondary N) is 1. The Balaban J connectivity index is 2.05. The minimum atomic E-state index is 0.212. The van der Waals surface area contributed by atoms with Gasteiger partial charge in [0.1, 0.15) is 5.75 Å². The molecule has 1 N–H and O–H groups in total. The summed E-state index contributed by atoms with van der Waals surface area (Å²) in [5.41, 5.74) is 1.31. The molecule has 2 nitrogen and oxygen atoms in total. The van der Waals surface area contributed by atoms with Gasteiger partial charge in [-0.2, -0.15) is 0 Å². The molecular formula is C18H25NOS. The predicted octanol–water partition coefficient (Wildman–Crippen LogP) is 4.82. The van der Waals surface area contributed by atoms with Gasteiger partial charge in [0, 0.05) is 10.9 Å². The molecule has 0 spiro atoms. The van der Waals surface area contributed by atoms with E-state index in [2.05, 4.69) is 61.8 Å². The molecule has 0 bridgehead atoms. The Bertz CT molecular complexity index is 522. The molecular weight excluding hydrogens is 278 g/mol. The van der Waals surface area contributed by atoms with Crippen LogP contribution in [-0.4, -0.2) is 12.6 Å². The van der Waals surface area contributed by atoms with Crippen molar-refractivity contribution in [2.45, 2.75) is 45.8 Å². The molecule has 1 aromatic heterocycles. The third-order valence-corrected chi connectivity index (χ3v) is 4.28. The summed E-state index contributed by atoms with van der Waals surface area (Å²) in [5.74, 6) is 0.960. The van der Waals surface area contributed by atoms with E-state index in [9.17, 15) is 0 Å². The van der Waals surface area contributed by atoms with Crippen LogP contribution in [0.25, 0.3) is 0 Å². The summed E-state index contributed by atoms with van der Waals surface area (Å²) in [7, 11) is 0. The van der Waals surface area contributed by atoms with E-state index >= 15 is 0 Å². The predicted molar refractivity (Wildman–Crippen MR) is 91.3 cm³/mol. The maximum absolute atomic E-state index is 5.81. The van der Waals surface area contributed by atoms with Gasteiger partial charge in [-0.05, 0) is 62.4 Å². The van der Waals surface area contributed by atoms with Crippen LogP contribution in [0.3, 0.4) is 0 Å². The number of benzene rings is 1. The van der Waals surface area contributed by atoms with Gasteiger partial charge in [0.15, 0.2) is 0 Å². The average Bonchev–Trinajstić information content (AvgIpc) is 2.96. The Kier molecular flexibility index (Phi) is 6.27. The minimum absolute atomic E-state index is 0.212. The monoisotopic (exact) mass is 303 g/mol. The van der Waals surface area contributed by atoms with Gasteiger partial charge in [0.05, 0.1) is 6.10 Å². The first-order valence-corrected chi connectivity index (χ1v) is 8.59. The second kappa shape index (κ2) is 8.20. The lowest BCUT2D eigenvalue weighted by atomic mass is 10.0. The van der Waals surface area contributed by atoms with Gasteiger partial charge >= 0.3 is 0 Å². The van der Waals surface area contributed by atoms with E-state index in [1.54, 1.807) is 0 Å². The molecule has 21 heavy (non-hydrogen) atoms. The maximum Gasteiger partial charge on any atom is 0.120 e. The van der Waals surface area contributed by atoms with E-state index in [-0.39, 0.29) is 6.10 Å². The molecule has 1 aromatic carbocycles. The third-order valence-electron chi connectivity index (χ3n) is 3.34. The highest BCUT2D eigenvalue weighted by atomic mass is 32.1. The molecule has 3 heteroatoms. The fraction of sp³-hybridized carbons (Fsp3) is 0.444. The van der Waals surface area contributed by atoms with Gasteiger partial charge in [-0.25, -0.2) is 0 Å². The molecule has 2 aromatic rings. The smallest absolute Gasteiger partial charge is 0.120 e. The molecule has 0 amide bonds. The van der Waals surface area contributed by atoms with Crippen LogP contribution in [0.1, 0.15) is 43.7 Å². The van der Waals surface area contributed by atoms with Gasteiger partial charge < -0.3 is 10.1 Å². The van der Waals surface area contributed by atoms with Gasteiger partial charge in [-0.3, -0.25) is 0 Å². The highest BCUT2D eigenvalue weighted by Crippen LogP contribution is 2.24. The summed E-state index contributed by atoms with van der Waals surface area (Å²) >= 11 is 1.84. The zero-order valence-corrected chi connectivity index (χ0v) is 14.0. The first kappa shape index (κ1) is 16.1. The average molecular weight is 303 g/mol. The first-order valence-electron chi connectivity index (χ1n) is 7.71. The van der Waals surface area contributed by atoms with Crippen molar-refractivity contribution in [2.75, 3.05) is 6.54 Å². The number of hydrogen-bond acceptors (Lipinski definition) is 3. The number of rotatable bonds is 8.